The maximum atomic E-state index is 13.0. The second-order valence-electron chi connectivity index (χ2n) is 20.9. The lowest BCUT2D eigenvalue weighted by Crippen LogP contribution is -2.45. The number of carbonyl (C=O) groups is 1. The van der Waals surface area contributed by atoms with Crippen molar-refractivity contribution in [1.29, 1.82) is 0 Å². The van der Waals surface area contributed by atoms with Gasteiger partial charge in [0.25, 0.3) is 7.82 Å². The minimum Gasteiger partial charge on any atom is -0.756 e. The molecule has 412 valence electrons. The van der Waals surface area contributed by atoms with E-state index in [1.54, 1.807) is 6.08 Å². The minimum atomic E-state index is -4.62. The maximum Gasteiger partial charge on any atom is 0.268 e. The zero-order chi connectivity index (χ0) is 52.0. The Morgan fingerprint density at radius 2 is 0.873 bits per heavy atom. The van der Waals surface area contributed by atoms with Crippen molar-refractivity contribution in [2.75, 3.05) is 40.9 Å². The number of quaternary nitrogens is 1. The number of phosphoric ester groups is 1. The molecular formula is C62H113N2O6P. The standard InChI is InChI=1S/C62H113N2O6P/c1-6-8-10-12-14-16-18-20-22-24-26-28-30-31-32-34-35-37-39-41-43-45-47-49-51-53-55-61(65)60(59-70-71(67,68)69-58-57-64(3,4)5)63-62(66)56-54-52-50-48-46-44-42-40-38-36-33-29-27-25-23-21-19-17-15-13-11-9-7-2/h9,11,15,17,21,23,27,29,37,39,45,47,53,55,60-61,65H,6-8,10,12-14,16,18-20,22,24-26,28,30-36,38,40-44,46,48-52,54,56-59H2,1-5H3,(H-,63,66,67,68)/b11-9-,17-15-,23-21-,29-27-,39-37+,47-45+,55-53+. The smallest absolute Gasteiger partial charge is 0.268 e. The van der Waals surface area contributed by atoms with Crippen LogP contribution in [-0.4, -0.2) is 68.5 Å². The van der Waals surface area contributed by atoms with E-state index in [2.05, 4.69) is 92.1 Å². The second-order valence-corrected chi connectivity index (χ2v) is 22.4. The van der Waals surface area contributed by atoms with Crippen LogP contribution in [0, 0.1) is 0 Å². The molecule has 0 rings (SSSR count). The van der Waals surface area contributed by atoms with Crippen LogP contribution in [0.5, 0.6) is 0 Å². The fourth-order valence-electron chi connectivity index (χ4n) is 8.24. The summed E-state index contributed by atoms with van der Waals surface area (Å²) in [6, 6.07) is -0.918. The molecule has 0 heterocycles. The van der Waals surface area contributed by atoms with Crippen molar-refractivity contribution in [2.45, 2.75) is 264 Å². The van der Waals surface area contributed by atoms with Gasteiger partial charge in [0.1, 0.15) is 13.2 Å². The van der Waals surface area contributed by atoms with Gasteiger partial charge in [-0.3, -0.25) is 9.36 Å². The summed E-state index contributed by atoms with van der Waals surface area (Å²) in [5, 5.41) is 13.9. The van der Waals surface area contributed by atoms with E-state index in [4.69, 9.17) is 9.05 Å². The summed E-state index contributed by atoms with van der Waals surface area (Å²) in [5.74, 6) is -0.218. The highest BCUT2D eigenvalue weighted by Gasteiger charge is 2.23. The molecule has 0 aliphatic heterocycles. The van der Waals surface area contributed by atoms with Gasteiger partial charge >= 0.3 is 0 Å². The predicted molar refractivity (Wildman–Crippen MR) is 307 cm³/mol. The van der Waals surface area contributed by atoms with Crippen molar-refractivity contribution >= 4 is 13.7 Å². The molecule has 0 saturated carbocycles. The number of carbonyl (C=O) groups excluding carboxylic acids is 1. The van der Waals surface area contributed by atoms with Gasteiger partial charge in [0.15, 0.2) is 0 Å². The van der Waals surface area contributed by atoms with Crippen LogP contribution in [0.15, 0.2) is 85.1 Å². The fourth-order valence-corrected chi connectivity index (χ4v) is 8.96. The lowest BCUT2D eigenvalue weighted by molar-refractivity contribution is -0.870. The Bertz CT molecular complexity index is 1430. The Morgan fingerprint density at radius 3 is 1.31 bits per heavy atom. The first-order chi connectivity index (χ1) is 34.5. The second kappa shape index (κ2) is 52.5. The van der Waals surface area contributed by atoms with E-state index in [0.29, 0.717) is 17.4 Å². The van der Waals surface area contributed by atoms with Gasteiger partial charge in [0.05, 0.1) is 39.9 Å². The molecule has 0 bridgehead atoms. The van der Waals surface area contributed by atoms with Crippen LogP contribution in [0.3, 0.4) is 0 Å². The zero-order valence-electron chi connectivity index (χ0n) is 46.9. The number of aliphatic hydroxyl groups is 1. The predicted octanol–water partition coefficient (Wildman–Crippen LogP) is 17.4. The quantitative estimate of drug-likeness (QED) is 0.0272. The number of nitrogens with zero attached hydrogens (tertiary/aromatic N) is 1. The topological polar surface area (TPSA) is 108 Å². The molecule has 0 fully saturated rings. The number of allylic oxidation sites excluding steroid dienone is 13. The van der Waals surface area contributed by atoms with E-state index in [-0.39, 0.29) is 12.5 Å². The average Bonchev–Trinajstić information content (AvgIpc) is 3.33. The molecule has 0 aliphatic carbocycles. The Hall–Kier alpha value is -2.32. The lowest BCUT2D eigenvalue weighted by Gasteiger charge is -2.29. The Balaban J connectivity index is 4.29. The van der Waals surface area contributed by atoms with Crippen molar-refractivity contribution in [3.8, 4) is 0 Å². The number of rotatable bonds is 53. The average molecular weight is 1010 g/mol. The highest BCUT2D eigenvalue weighted by atomic mass is 31.2. The third kappa shape index (κ3) is 55.3. The van der Waals surface area contributed by atoms with Crippen molar-refractivity contribution in [3.05, 3.63) is 85.1 Å². The van der Waals surface area contributed by atoms with E-state index in [1.807, 2.05) is 27.2 Å². The lowest BCUT2D eigenvalue weighted by atomic mass is 10.0. The first-order valence-electron chi connectivity index (χ1n) is 29.4. The molecule has 3 atom stereocenters. The third-order valence-electron chi connectivity index (χ3n) is 12.8. The summed E-state index contributed by atoms with van der Waals surface area (Å²) in [4.78, 5) is 25.5. The van der Waals surface area contributed by atoms with Gasteiger partial charge in [-0.05, 0) is 83.5 Å². The third-order valence-corrected chi connectivity index (χ3v) is 13.8. The van der Waals surface area contributed by atoms with E-state index >= 15 is 0 Å². The van der Waals surface area contributed by atoms with E-state index in [1.165, 1.54) is 154 Å². The van der Waals surface area contributed by atoms with Crippen LogP contribution in [0.1, 0.15) is 251 Å². The van der Waals surface area contributed by atoms with Crippen LogP contribution in [-0.2, 0) is 18.4 Å². The SMILES string of the molecule is CC/C=C\C/C=C\C/C=C\C/C=C\CCCCCCCCCCCCC(=O)NC(COP(=O)([O-])OCC[N+](C)(C)C)C(O)/C=C/CC/C=C/CC/C=C/CCCCCCCCCCCCCCCCCC. The Kier molecular flexibility index (Phi) is 50.8. The maximum absolute atomic E-state index is 13.0. The molecule has 0 aromatic rings. The van der Waals surface area contributed by atoms with Crippen LogP contribution in [0.4, 0.5) is 0 Å². The van der Waals surface area contributed by atoms with Gasteiger partial charge in [-0.2, -0.15) is 0 Å². The van der Waals surface area contributed by atoms with Crippen LogP contribution in [0.25, 0.3) is 0 Å². The van der Waals surface area contributed by atoms with E-state index in [0.717, 1.165) is 77.0 Å². The van der Waals surface area contributed by atoms with Gasteiger partial charge in [-0.1, -0.05) is 247 Å². The largest absolute Gasteiger partial charge is 0.756 e. The van der Waals surface area contributed by atoms with Crippen LogP contribution < -0.4 is 10.2 Å². The normalized spacial score (nSPS) is 14.5. The molecule has 71 heavy (non-hydrogen) atoms. The summed E-state index contributed by atoms with van der Waals surface area (Å²) in [5.41, 5.74) is 0. The summed E-state index contributed by atoms with van der Waals surface area (Å²) in [6.07, 6.45) is 73.8. The highest BCUT2D eigenvalue weighted by Crippen LogP contribution is 2.38. The monoisotopic (exact) mass is 1010 g/mol. The van der Waals surface area contributed by atoms with Gasteiger partial charge < -0.3 is 28.8 Å². The number of likely N-dealkylation sites (N-methyl/N-ethyl adjacent to an activating group) is 1. The number of unbranched alkanes of at least 4 members (excludes halogenated alkanes) is 28. The number of amides is 1. The van der Waals surface area contributed by atoms with Crippen molar-refractivity contribution in [3.63, 3.8) is 0 Å². The van der Waals surface area contributed by atoms with Gasteiger partial charge in [0, 0.05) is 6.42 Å². The molecule has 0 spiro atoms. The molecule has 0 aliphatic rings. The molecule has 0 saturated heterocycles. The molecule has 8 nitrogen and oxygen atoms in total. The number of hydrogen-bond donors (Lipinski definition) is 2. The molecule has 3 unspecified atom stereocenters. The summed E-state index contributed by atoms with van der Waals surface area (Å²) in [6.45, 7) is 4.52. The van der Waals surface area contributed by atoms with Gasteiger partial charge in [-0.15, -0.1) is 0 Å². The number of phosphoric acid groups is 1. The molecule has 1 amide bonds. The van der Waals surface area contributed by atoms with Crippen LogP contribution in [0.2, 0.25) is 0 Å². The molecule has 0 radical (unpaired) electrons. The van der Waals surface area contributed by atoms with Crippen molar-refractivity contribution in [1.82, 2.24) is 5.32 Å². The fraction of sp³-hybridized carbons (Fsp3) is 0.758. The summed E-state index contributed by atoms with van der Waals surface area (Å²) in [7, 11) is 1.23. The van der Waals surface area contributed by atoms with E-state index < -0.39 is 26.6 Å². The summed E-state index contributed by atoms with van der Waals surface area (Å²) >= 11 is 0. The molecule has 0 aromatic heterocycles. The molecule has 9 heteroatoms. The molecule has 2 N–H and O–H groups in total. The highest BCUT2D eigenvalue weighted by molar-refractivity contribution is 7.45. The van der Waals surface area contributed by atoms with E-state index in [9.17, 15) is 19.4 Å². The van der Waals surface area contributed by atoms with Gasteiger partial charge in [0.2, 0.25) is 5.91 Å². The summed E-state index contributed by atoms with van der Waals surface area (Å²) < 4.78 is 23.3. The molecular weight excluding hydrogens is 900 g/mol. The number of hydrogen-bond acceptors (Lipinski definition) is 6. The first-order valence-corrected chi connectivity index (χ1v) is 30.9. The minimum absolute atomic E-state index is 0.0135. The molecule has 0 aromatic carbocycles. The Labute approximate surface area is 439 Å². The van der Waals surface area contributed by atoms with Crippen molar-refractivity contribution in [2.24, 2.45) is 0 Å². The zero-order valence-corrected chi connectivity index (χ0v) is 47.8. The van der Waals surface area contributed by atoms with Crippen LogP contribution >= 0.6 is 7.82 Å². The Morgan fingerprint density at radius 1 is 0.507 bits per heavy atom. The number of nitrogens with one attached hydrogen (secondary N) is 1. The number of aliphatic hydroxyl groups excluding tert-OH is 1. The van der Waals surface area contributed by atoms with Gasteiger partial charge in [-0.25, -0.2) is 0 Å². The van der Waals surface area contributed by atoms with Crippen molar-refractivity contribution < 1.29 is 32.9 Å². The first kappa shape index (κ1) is 68.7.